The fourth-order valence-corrected chi connectivity index (χ4v) is 2.18. The first-order valence-electron chi connectivity index (χ1n) is 6.33. The van der Waals surface area contributed by atoms with Crippen molar-refractivity contribution < 1.29 is 4.79 Å². The number of thiocarbonyl (C=S) groups is 1. The Kier molecular flexibility index (Phi) is 4.48. The van der Waals surface area contributed by atoms with E-state index in [2.05, 4.69) is 5.32 Å². The molecule has 0 radical (unpaired) electrons. The molecule has 2 rings (SSSR count). The lowest BCUT2D eigenvalue weighted by molar-refractivity contribution is 0.103. The second kappa shape index (κ2) is 6.30. The van der Waals surface area contributed by atoms with E-state index in [0.29, 0.717) is 11.1 Å². The number of carbonyl (C=O) groups is 1. The van der Waals surface area contributed by atoms with Crippen molar-refractivity contribution in [2.45, 2.75) is 13.0 Å². The van der Waals surface area contributed by atoms with Crippen molar-refractivity contribution in [2.75, 3.05) is 0 Å². The van der Waals surface area contributed by atoms with Crippen LogP contribution in [0.1, 0.15) is 34.5 Å². The van der Waals surface area contributed by atoms with E-state index in [-0.39, 0.29) is 16.9 Å². The summed E-state index contributed by atoms with van der Waals surface area (Å²) in [5.41, 5.74) is 7.78. The maximum absolute atomic E-state index is 12.4. The van der Waals surface area contributed by atoms with Gasteiger partial charge in [-0.15, -0.1) is 0 Å². The molecule has 3 N–H and O–H groups in total. The van der Waals surface area contributed by atoms with Crippen molar-refractivity contribution in [2.24, 2.45) is 5.73 Å². The largest absolute Gasteiger partial charge is 0.376 e. The molecule has 0 heterocycles. The zero-order valence-electron chi connectivity index (χ0n) is 11.2. The molecule has 0 spiro atoms. The van der Waals surface area contributed by atoms with E-state index in [4.69, 9.17) is 18.0 Å². The lowest BCUT2D eigenvalue weighted by Gasteiger charge is -2.14. The van der Waals surface area contributed by atoms with Gasteiger partial charge in [-0.2, -0.15) is 0 Å². The molecule has 2 aromatic carbocycles. The molecular formula is C16H16N2OS. The smallest absolute Gasteiger partial charge is 0.193 e. The van der Waals surface area contributed by atoms with Crippen LogP contribution in [0.25, 0.3) is 0 Å². The van der Waals surface area contributed by atoms with Gasteiger partial charge in [0, 0.05) is 11.1 Å². The van der Waals surface area contributed by atoms with Gasteiger partial charge < -0.3 is 11.1 Å². The summed E-state index contributed by atoms with van der Waals surface area (Å²) < 4.78 is 0. The van der Waals surface area contributed by atoms with Gasteiger partial charge in [-0.3, -0.25) is 4.79 Å². The first kappa shape index (κ1) is 14.2. The minimum atomic E-state index is -0.0315. The summed E-state index contributed by atoms with van der Waals surface area (Å²) in [6.07, 6.45) is 0. The Morgan fingerprint density at radius 1 is 1.10 bits per heavy atom. The van der Waals surface area contributed by atoms with Crippen LogP contribution in [0, 0.1) is 0 Å². The minimum absolute atomic E-state index is 0.00924. The third-order valence-corrected chi connectivity index (χ3v) is 3.16. The van der Waals surface area contributed by atoms with Crippen molar-refractivity contribution in [1.82, 2.24) is 5.32 Å². The van der Waals surface area contributed by atoms with Crippen LogP contribution in [0.15, 0.2) is 54.6 Å². The first-order valence-corrected chi connectivity index (χ1v) is 6.74. The molecule has 0 amide bonds. The molecule has 0 unspecified atom stereocenters. The highest BCUT2D eigenvalue weighted by Gasteiger charge is 2.11. The Morgan fingerprint density at radius 3 is 2.40 bits per heavy atom. The van der Waals surface area contributed by atoms with Crippen molar-refractivity contribution >= 4 is 23.1 Å². The standard InChI is InChI=1S/C16H16N2OS/c1-11(18-16(17)20)13-8-5-9-14(10-13)15(19)12-6-3-2-4-7-12/h2-11H,1H3,(H3,17,18,20)/t11-/m1/s1. The number of hydrogen-bond donors (Lipinski definition) is 2. The number of rotatable bonds is 4. The van der Waals surface area contributed by atoms with Crippen LogP contribution in [0.3, 0.4) is 0 Å². The molecule has 1 atom stereocenters. The quantitative estimate of drug-likeness (QED) is 0.669. The summed E-state index contributed by atoms with van der Waals surface area (Å²) in [6, 6.07) is 16.7. The molecular weight excluding hydrogens is 268 g/mol. The SMILES string of the molecule is C[C@@H](NC(N)=S)c1cccc(C(=O)c2ccccc2)c1. The third kappa shape index (κ3) is 3.42. The Hall–Kier alpha value is -2.20. The van der Waals surface area contributed by atoms with Crippen LogP contribution in [-0.2, 0) is 0 Å². The molecule has 0 saturated heterocycles. The Balaban J connectivity index is 2.26. The van der Waals surface area contributed by atoms with Gasteiger partial charge in [-0.25, -0.2) is 0 Å². The van der Waals surface area contributed by atoms with E-state index >= 15 is 0 Å². The van der Waals surface area contributed by atoms with E-state index in [1.165, 1.54) is 0 Å². The fraction of sp³-hybridized carbons (Fsp3) is 0.125. The van der Waals surface area contributed by atoms with E-state index < -0.39 is 0 Å². The zero-order valence-corrected chi connectivity index (χ0v) is 12.0. The summed E-state index contributed by atoms with van der Waals surface area (Å²) in [4.78, 5) is 12.4. The predicted octanol–water partition coefficient (Wildman–Crippen LogP) is 2.81. The van der Waals surface area contributed by atoms with Gasteiger partial charge in [-0.1, -0.05) is 48.5 Å². The van der Waals surface area contributed by atoms with Gasteiger partial charge in [0.2, 0.25) is 0 Å². The second-order valence-electron chi connectivity index (χ2n) is 4.55. The highest BCUT2D eigenvalue weighted by molar-refractivity contribution is 7.80. The lowest BCUT2D eigenvalue weighted by Crippen LogP contribution is -2.31. The van der Waals surface area contributed by atoms with Gasteiger partial charge in [-0.05, 0) is 30.8 Å². The van der Waals surface area contributed by atoms with E-state index in [9.17, 15) is 4.79 Å². The summed E-state index contributed by atoms with van der Waals surface area (Å²) in [5.74, 6) is 0.00924. The van der Waals surface area contributed by atoms with Crippen LogP contribution in [-0.4, -0.2) is 10.9 Å². The average Bonchev–Trinajstić information content (AvgIpc) is 2.47. The Morgan fingerprint density at radius 2 is 1.75 bits per heavy atom. The highest BCUT2D eigenvalue weighted by atomic mass is 32.1. The summed E-state index contributed by atoms with van der Waals surface area (Å²) >= 11 is 4.83. The highest BCUT2D eigenvalue weighted by Crippen LogP contribution is 2.16. The number of hydrogen-bond acceptors (Lipinski definition) is 2. The molecule has 0 saturated carbocycles. The normalized spacial score (nSPS) is 11.7. The maximum atomic E-state index is 12.4. The predicted molar refractivity (Wildman–Crippen MR) is 84.7 cm³/mol. The van der Waals surface area contributed by atoms with Crippen LogP contribution in [0.4, 0.5) is 0 Å². The molecule has 20 heavy (non-hydrogen) atoms. The van der Waals surface area contributed by atoms with Crippen LogP contribution >= 0.6 is 12.2 Å². The molecule has 4 heteroatoms. The molecule has 0 aromatic heterocycles. The number of nitrogens with one attached hydrogen (secondary N) is 1. The molecule has 0 fully saturated rings. The second-order valence-corrected chi connectivity index (χ2v) is 4.99. The number of benzene rings is 2. The fourth-order valence-electron chi connectivity index (χ4n) is 2.00. The molecule has 2 aromatic rings. The van der Waals surface area contributed by atoms with Crippen molar-refractivity contribution in [3.8, 4) is 0 Å². The van der Waals surface area contributed by atoms with Gasteiger partial charge in [0.1, 0.15) is 0 Å². The Bertz CT molecular complexity index is 625. The molecule has 102 valence electrons. The summed E-state index contributed by atoms with van der Waals surface area (Å²) in [7, 11) is 0. The Labute approximate surface area is 123 Å². The van der Waals surface area contributed by atoms with E-state index in [1.54, 1.807) is 0 Å². The molecule has 0 aliphatic rings. The summed E-state index contributed by atoms with van der Waals surface area (Å²) in [6.45, 7) is 1.95. The van der Waals surface area contributed by atoms with E-state index in [0.717, 1.165) is 5.56 Å². The van der Waals surface area contributed by atoms with Crippen LogP contribution in [0.5, 0.6) is 0 Å². The number of ketones is 1. The van der Waals surface area contributed by atoms with Crippen LogP contribution in [0.2, 0.25) is 0 Å². The number of nitrogens with two attached hydrogens (primary N) is 1. The van der Waals surface area contributed by atoms with Gasteiger partial charge in [0.25, 0.3) is 0 Å². The minimum Gasteiger partial charge on any atom is -0.376 e. The van der Waals surface area contributed by atoms with Gasteiger partial charge >= 0.3 is 0 Å². The first-order chi connectivity index (χ1) is 9.58. The van der Waals surface area contributed by atoms with Crippen molar-refractivity contribution in [3.63, 3.8) is 0 Å². The molecule has 0 aliphatic heterocycles. The maximum Gasteiger partial charge on any atom is 0.193 e. The van der Waals surface area contributed by atoms with Gasteiger partial charge in [0.15, 0.2) is 10.9 Å². The van der Waals surface area contributed by atoms with Crippen molar-refractivity contribution in [3.05, 3.63) is 71.3 Å². The van der Waals surface area contributed by atoms with Gasteiger partial charge in [0.05, 0.1) is 6.04 Å². The molecule has 3 nitrogen and oxygen atoms in total. The topological polar surface area (TPSA) is 55.1 Å². The zero-order chi connectivity index (χ0) is 14.5. The average molecular weight is 284 g/mol. The van der Waals surface area contributed by atoms with Crippen molar-refractivity contribution in [1.29, 1.82) is 0 Å². The van der Waals surface area contributed by atoms with E-state index in [1.807, 2.05) is 61.5 Å². The lowest BCUT2D eigenvalue weighted by atomic mass is 9.99. The monoisotopic (exact) mass is 284 g/mol. The van der Waals surface area contributed by atoms with Crippen LogP contribution < -0.4 is 11.1 Å². The summed E-state index contributed by atoms with van der Waals surface area (Å²) in [5, 5.41) is 3.21. The molecule has 0 bridgehead atoms. The third-order valence-electron chi connectivity index (χ3n) is 3.04. The number of carbonyl (C=O) groups excluding carboxylic acids is 1. The molecule has 0 aliphatic carbocycles.